The molecule has 128 valence electrons. The number of para-hydroxylation sites is 1. The fourth-order valence-corrected chi connectivity index (χ4v) is 4.24. The van der Waals surface area contributed by atoms with E-state index in [0.29, 0.717) is 25.4 Å². The molecule has 0 amide bonds. The molecule has 0 aromatic heterocycles. The van der Waals surface area contributed by atoms with E-state index < -0.39 is 10.0 Å². The lowest BCUT2D eigenvalue weighted by molar-refractivity contribution is 0.201. The number of fused-ring (bicyclic) bond motifs is 1. The Morgan fingerprint density at radius 3 is 2.58 bits per heavy atom. The van der Waals surface area contributed by atoms with Gasteiger partial charge in [-0.1, -0.05) is 18.2 Å². The van der Waals surface area contributed by atoms with E-state index in [-0.39, 0.29) is 11.0 Å². The van der Waals surface area contributed by atoms with Crippen LogP contribution in [0.4, 0.5) is 0 Å². The monoisotopic (exact) mass is 347 g/mol. The van der Waals surface area contributed by atoms with Crippen LogP contribution in [0.25, 0.3) is 0 Å². The molecule has 1 unspecified atom stereocenters. The Kier molecular flexibility index (Phi) is 4.78. The van der Waals surface area contributed by atoms with Crippen molar-refractivity contribution in [2.45, 2.75) is 31.4 Å². The van der Waals surface area contributed by atoms with Gasteiger partial charge in [-0.05, 0) is 44.2 Å². The molecule has 5 nitrogen and oxygen atoms in total. The second-order valence-corrected chi connectivity index (χ2v) is 7.68. The summed E-state index contributed by atoms with van der Waals surface area (Å²) >= 11 is 0. The molecule has 0 bridgehead atoms. The lowest BCUT2D eigenvalue weighted by atomic mass is 10.2. The lowest BCUT2D eigenvalue weighted by Crippen LogP contribution is -2.36. The summed E-state index contributed by atoms with van der Waals surface area (Å²) in [5.74, 6) is 1.41. The summed E-state index contributed by atoms with van der Waals surface area (Å²) in [6.07, 6.45) is -0.217. The minimum atomic E-state index is -3.59. The van der Waals surface area contributed by atoms with E-state index in [1.807, 2.05) is 38.1 Å². The lowest BCUT2D eigenvalue weighted by Gasteiger charge is -2.22. The van der Waals surface area contributed by atoms with Crippen molar-refractivity contribution in [1.82, 2.24) is 4.31 Å². The van der Waals surface area contributed by atoms with Gasteiger partial charge < -0.3 is 9.47 Å². The van der Waals surface area contributed by atoms with Crippen LogP contribution in [0.2, 0.25) is 0 Å². The van der Waals surface area contributed by atoms with Gasteiger partial charge in [0, 0.05) is 12.1 Å². The van der Waals surface area contributed by atoms with Crippen molar-refractivity contribution >= 4 is 10.0 Å². The SMILES string of the molecule is CCOc1ccc(S(=O)(=O)N2Cc3ccccc3OC(C)C2)cc1. The second-order valence-electron chi connectivity index (χ2n) is 5.74. The summed E-state index contributed by atoms with van der Waals surface area (Å²) in [6.45, 7) is 4.92. The maximum Gasteiger partial charge on any atom is 0.243 e. The Balaban J connectivity index is 1.91. The van der Waals surface area contributed by atoms with E-state index in [9.17, 15) is 8.42 Å². The van der Waals surface area contributed by atoms with Crippen molar-refractivity contribution in [3.63, 3.8) is 0 Å². The molecule has 0 radical (unpaired) electrons. The van der Waals surface area contributed by atoms with Crippen molar-refractivity contribution in [2.75, 3.05) is 13.2 Å². The Morgan fingerprint density at radius 1 is 1.17 bits per heavy atom. The molecule has 3 rings (SSSR count). The molecule has 0 saturated carbocycles. The third-order valence-corrected chi connectivity index (χ3v) is 5.71. The van der Waals surface area contributed by atoms with Crippen molar-refractivity contribution in [3.05, 3.63) is 54.1 Å². The summed E-state index contributed by atoms with van der Waals surface area (Å²) in [6, 6.07) is 14.1. The standard InChI is InChI=1S/C18H21NO4S/c1-3-22-16-8-10-17(11-9-16)24(20,21)19-12-14(2)23-18-7-5-4-6-15(18)13-19/h4-11,14H,3,12-13H2,1-2H3. The molecule has 0 N–H and O–H groups in total. The highest BCUT2D eigenvalue weighted by molar-refractivity contribution is 7.89. The van der Waals surface area contributed by atoms with E-state index in [1.165, 1.54) is 4.31 Å². The van der Waals surface area contributed by atoms with E-state index in [2.05, 4.69) is 0 Å². The van der Waals surface area contributed by atoms with Crippen LogP contribution in [0.3, 0.4) is 0 Å². The van der Waals surface area contributed by atoms with Gasteiger partial charge in [0.25, 0.3) is 0 Å². The molecule has 1 aliphatic rings. The third-order valence-electron chi connectivity index (χ3n) is 3.88. The van der Waals surface area contributed by atoms with E-state index in [1.54, 1.807) is 24.3 Å². The van der Waals surface area contributed by atoms with Crippen LogP contribution >= 0.6 is 0 Å². The molecule has 1 heterocycles. The summed E-state index contributed by atoms with van der Waals surface area (Å²) in [5.41, 5.74) is 0.872. The van der Waals surface area contributed by atoms with E-state index >= 15 is 0 Å². The molecule has 1 aliphatic heterocycles. The average molecular weight is 347 g/mol. The Bertz CT molecular complexity index is 802. The van der Waals surface area contributed by atoms with Gasteiger partial charge in [-0.25, -0.2) is 8.42 Å². The topological polar surface area (TPSA) is 55.8 Å². The van der Waals surface area contributed by atoms with Crippen molar-refractivity contribution in [2.24, 2.45) is 0 Å². The average Bonchev–Trinajstić information content (AvgIpc) is 2.74. The van der Waals surface area contributed by atoms with Crippen LogP contribution in [0, 0.1) is 0 Å². The van der Waals surface area contributed by atoms with Crippen LogP contribution in [-0.2, 0) is 16.6 Å². The minimum absolute atomic E-state index is 0.217. The van der Waals surface area contributed by atoms with Gasteiger partial charge in [-0.2, -0.15) is 4.31 Å². The van der Waals surface area contributed by atoms with E-state index in [0.717, 1.165) is 11.3 Å². The number of nitrogens with zero attached hydrogens (tertiary/aromatic N) is 1. The molecular weight excluding hydrogens is 326 g/mol. The van der Waals surface area contributed by atoms with Gasteiger partial charge in [-0.3, -0.25) is 0 Å². The van der Waals surface area contributed by atoms with Crippen molar-refractivity contribution in [3.8, 4) is 11.5 Å². The number of rotatable bonds is 4. The number of ether oxygens (including phenoxy) is 2. The molecule has 2 aromatic rings. The summed E-state index contributed by atoms with van der Waals surface area (Å²) < 4.78 is 38.7. The number of sulfonamides is 1. The first-order chi connectivity index (χ1) is 11.5. The highest BCUT2D eigenvalue weighted by atomic mass is 32.2. The van der Waals surface area contributed by atoms with Gasteiger partial charge in [0.2, 0.25) is 10.0 Å². The minimum Gasteiger partial charge on any atom is -0.494 e. The second kappa shape index (κ2) is 6.83. The fourth-order valence-electron chi connectivity index (χ4n) is 2.75. The van der Waals surface area contributed by atoms with Crippen LogP contribution in [0.1, 0.15) is 19.4 Å². The van der Waals surface area contributed by atoms with Gasteiger partial charge in [0.05, 0.1) is 18.0 Å². The number of hydrogen-bond acceptors (Lipinski definition) is 4. The zero-order chi connectivity index (χ0) is 17.2. The largest absolute Gasteiger partial charge is 0.494 e. The zero-order valence-electron chi connectivity index (χ0n) is 13.8. The molecule has 0 fully saturated rings. The molecule has 2 aromatic carbocycles. The molecule has 0 aliphatic carbocycles. The maximum atomic E-state index is 13.0. The molecule has 0 saturated heterocycles. The smallest absolute Gasteiger partial charge is 0.243 e. The Hall–Kier alpha value is -2.05. The summed E-state index contributed by atoms with van der Waals surface area (Å²) in [5, 5.41) is 0. The van der Waals surface area contributed by atoms with Gasteiger partial charge in [0.1, 0.15) is 17.6 Å². The summed E-state index contributed by atoms with van der Waals surface area (Å²) in [7, 11) is -3.59. The molecular formula is C18H21NO4S. The van der Waals surface area contributed by atoms with Crippen LogP contribution < -0.4 is 9.47 Å². The molecule has 6 heteroatoms. The molecule has 0 spiro atoms. The highest BCUT2D eigenvalue weighted by Gasteiger charge is 2.30. The van der Waals surface area contributed by atoms with Crippen LogP contribution in [0.5, 0.6) is 11.5 Å². The molecule has 1 atom stereocenters. The van der Waals surface area contributed by atoms with Gasteiger partial charge >= 0.3 is 0 Å². The molecule has 24 heavy (non-hydrogen) atoms. The van der Waals surface area contributed by atoms with Crippen LogP contribution in [0.15, 0.2) is 53.4 Å². The third kappa shape index (κ3) is 3.39. The predicted octanol–water partition coefficient (Wildman–Crippen LogP) is 3.06. The normalized spacial score (nSPS) is 18.3. The summed E-state index contributed by atoms with van der Waals surface area (Å²) in [4.78, 5) is 0.262. The Labute approximate surface area is 142 Å². The first-order valence-corrected chi connectivity index (χ1v) is 9.42. The van der Waals surface area contributed by atoms with Crippen LogP contribution in [-0.4, -0.2) is 32.0 Å². The number of hydrogen-bond donors (Lipinski definition) is 0. The maximum absolute atomic E-state index is 13.0. The van der Waals surface area contributed by atoms with Crippen molar-refractivity contribution in [1.29, 1.82) is 0 Å². The van der Waals surface area contributed by atoms with Gasteiger partial charge in [-0.15, -0.1) is 0 Å². The van der Waals surface area contributed by atoms with Gasteiger partial charge in [0.15, 0.2) is 0 Å². The zero-order valence-corrected chi connectivity index (χ0v) is 14.6. The first-order valence-electron chi connectivity index (χ1n) is 7.98. The first kappa shape index (κ1) is 16.8. The number of benzene rings is 2. The quantitative estimate of drug-likeness (QED) is 0.853. The Morgan fingerprint density at radius 2 is 1.88 bits per heavy atom. The van der Waals surface area contributed by atoms with Crippen molar-refractivity contribution < 1.29 is 17.9 Å². The predicted molar refractivity (Wildman–Crippen MR) is 91.7 cm³/mol. The van der Waals surface area contributed by atoms with E-state index in [4.69, 9.17) is 9.47 Å². The fraction of sp³-hybridized carbons (Fsp3) is 0.333. The highest BCUT2D eigenvalue weighted by Crippen LogP contribution is 2.28.